The molecule has 0 bridgehead atoms. The second kappa shape index (κ2) is 2.75. The molecule has 62 valence electrons. The van der Waals surface area contributed by atoms with E-state index in [0.717, 1.165) is 16.9 Å². The van der Waals surface area contributed by atoms with Crippen molar-refractivity contribution in [2.75, 3.05) is 5.73 Å². The number of hydrogen-bond acceptors (Lipinski definition) is 4. The van der Waals surface area contributed by atoms with E-state index in [-0.39, 0.29) is 0 Å². The van der Waals surface area contributed by atoms with Crippen molar-refractivity contribution in [2.45, 2.75) is 0 Å². The Hall–Kier alpha value is -1.68. The zero-order valence-electron chi connectivity index (χ0n) is 6.46. The summed E-state index contributed by atoms with van der Waals surface area (Å²) in [6.45, 7) is 0. The molecular formula is C8H10N4. The van der Waals surface area contributed by atoms with E-state index in [1.54, 1.807) is 0 Å². The molecule has 1 aromatic rings. The van der Waals surface area contributed by atoms with Crippen LogP contribution in [0.1, 0.15) is 5.56 Å². The Morgan fingerprint density at radius 3 is 2.83 bits per heavy atom. The molecule has 1 heterocycles. The molecule has 0 aromatic heterocycles. The van der Waals surface area contributed by atoms with E-state index >= 15 is 0 Å². The number of benzene rings is 1. The summed E-state index contributed by atoms with van der Waals surface area (Å²) in [5.74, 6) is 0. The molecule has 4 nitrogen and oxygen atoms in total. The van der Waals surface area contributed by atoms with Gasteiger partial charge >= 0.3 is 0 Å². The number of hydrazine groups is 2. The van der Waals surface area contributed by atoms with Crippen molar-refractivity contribution in [2.24, 2.45) is 0 Å². The maximum absolute atomic E-state index is 5.63. The SMILES string of the molecule is Nc1cccc(C2=CNNN2)c1. The predicted molar refractivity (Wildman–Crippen MR) is 48.2 cm³/mol. The summed E-state index contributed by atoms with van der Waals surface area (Å²) in [4.78, 5) is 0. The zero-order chi connectivity index (χ0) is 8.39. The van der Waals surface area contributed by atoms with Gasteiger partial charge in [0.05, 0.1) is 5.70 Å². The summed E-state index contributed by atoms with van der Waals surface area (Å²) in [6, 6.07) is 7.68. The summed E-state index contributed by atoms with van der Waals surface area (Å²) in [5.41, 5.74) is 17.0. The summed E-state index contributed by atoms with van der Waals surface area (Å²) < 4.78 is 0. The van der Waals surface area contributed by atoms with Gasteiger partial charge in [-0.15, -0.1) is 0 Å². The Labute approximate surface area is 70.4 Å². The van der Waals surface area contributed by atoms with Gasteiger partial charge in [-0.3, -0.25) is 0 Å². The first kappa shape index (κ1) is 7.00. The van der Waals surface area contributed by atoms with Crippen molar-refractivity contribution in [3.63, 3.8) is 0 Å². The molecule has 1 aliphatic heterocycles. The van der Waals surface area contributed by atoms with Gasteiger partial charge in [-0.2, -0.15) is 5.53 Å². The van der Waals surface area contributed by atoms with Crippen molar-refractivity contribution in [1.29, 1.82) is 0 Å². The van der Waals surface area contributed by atoms with Gasteiger partial charge in [-0.05, 0) is 12.1 Å². The lowest BCUT2D eigenvalue weighted by atomic mass is 10.1. The van der Waals surface area contributed by atoms with Gasteiger partial charge < -0.3 is 16.6 Å². The molecule has 0 saturated heterocycles. The third-order valence-corrected chi connectivity index (χ3v) is 1.68. The van der Waals surface area contributed by atoms with Crippen LogP contribution in [0, 0.1) is 0 Å². The van der Waals surface area contributed by atoms with Crippen LogP contribution in [0.3, 0.4) is 0 Å². The average molecular weight is 162 g/mol. The summed E-state index contributed by atoms with van der Waals surface area (Å²) in [6.07, 6.45) is 1.84. The number of anilines is 1. The van der Waals surface area contributed by atoms with Crippen LogP contribution < -0.4 is 22.1 Å². The maximum atomic E-state index is 5.63. The van der Waals surface area contributed by atoms with Gasteiger partial charge in [0.25, 0.3) is 0 Å². The molecule has 4 heteroatoms. The highest BCUT2D eigenvalue weighted by Crippen LogP contribution is 2.14. The van der Waals surface area contributed by atoms with Crippen LogP contribution in [0.2, 0.25) is 0 Å². The van der Waals surface area contributed by atoms with Crippen molar-refractivity contribution < 1.29 is 0 Å². The lowest BCUT2D eigenvalue weighted by molar-refractivity contribution is 0.620. The van der Waals surface area contributed by atoms with Gasteiger partial charge in [-0.1, -0.05) is 12.1 Å². The Morgan fingerprint density at radius 1 is 1.25 bits per heavy atom. The molecule has 2 rings (SSSR count). The molecule has 0 spiro atoms. The van der Waals surface area contributed by atoms with Gasteiger partial charge in [0.1, 0.15) is 0 Å². The second-order valence-electron chi connectivity index (χ2n) is 2.58. The zero-order valence-corrected chi connectivity index (χ0v) is 6.46. The fourth-order valence-electron chi connectivity index (χ4n) is 1.11. The Bertz CT molecular complexity index is 319. The Balaban J connectivity index is 2.33. The van der Waals surface area contributed by atoms with Crippen LogP contribution >= 0.6 is 0 Å². The largest absolute Gasteiger partial charge is 0.399 e. The minimum Gasteiger partial charge on any atom is -0.399 e. The predicted octanol–water partition coefficient (Wildman–Crippen LogP) is 0.180. The molecule has 12 heavy (non-hydrogen) atoms. The van der Waals surface area contributed by atoms with E-state index in [4.69, 9.17) is 5.73 Å². The van der Waals surface area contributed by atoms with E-state index in [1.807, 2.05) is 30.5 Å². The monoisotopic (exact) mass is 162 g/mol. The molecule has 1 aliphatic rings. The summed E-state index contributed by atoms with van der Waals surface area (Å²) in [5, 5.41) is 0. The Kier molecular flexibility index (Phi) is 1.60. The lowest BCUT2D eigenvalue weighted by Gasteiger charge is -2.02. The highest BCUT2D eigenvalue weighted by Gasteiger charge is 2.04. The van der Waals surface area contributed by atoms with Crippen molar-refractivity contribution >= 4 is 11.4 Å². The molecule has 1 aromatic carbocycles. The minimum absolute atomic E-state index is 0.766. The molecule has 0 unspecified atom stereocenters. The van der Waals surface area contributed by atoms with Crippen LogP contribution in [-0.4, -0.2) is 0 Å². The molecule has 5 N–H and O–H groups in total. The third-order valence-electron chi connectivity index (χ3n) is 1.68. The first-order valence-electron chi connectivity index (χ1n) is 3.69. The van der Waals surface area contributed by atoms with Crippen molar-refractivity contribution in [1.82, 2.24) is 16.4 Å². The molecule has 0 amide bonds. The number of rotatable bonds is 1. The summed E-state index contributed by atoms with van der Waals surface area (Å²) in [7, 11) is 0. The van der Waals surface area contributed by atoms with Crippen LogP contribution in [-0.2, 0) is 0 Å². The smallest absolute Gasteiger partial charge is 0.0749 e. The highest BCUT2D eigenvalue weighted by molar-refractivity contribution is 5.67. The van der Waals surface area contributed by atoms with Crippen LogP contribution in [0.5, 0.6) is 0 Å². The first-order chi connectivity index (χ1) is 5.86. The number of nitrogen functional groups attached to an aromatic ring is 1. The standard InChI is InChI=1S/C8H10N4/c9-7-3-1-2-6(4-7)8-5-10-12-11-8/h1-5,10-12H,9H2. The van der Waals surface area contributed by atoms with E-state index < -0.39 is 0 Å². The number of nitrogens with two attached hydrogens (primary N) is 1. The lowest BCUT2D eigenvalue weighted by Crippen LogP contribution is -2.31. The maximum Gasteiger partial charge on any atom is 0.0749 e. The molecular weight excluding hydrogens is 152 g/mol. The fraction of sp³-hybridized carbons (Fsp3) is 0. The van der Waals surface area contributed by atoms with E-state index in [1.165, 1.54) is 0 Å². The molecule has 0 aliphatic carbocycles. The fourth-order valence-corrected chi connectivity index (χ4v) is 1.11. The second-order valence-corrected chi connectivity index (χ2v) is 2.58. The highest BCUT2D eigenvalue weighted by atomic mass is 15.6. The van der Waals surface area contributed by atoms with Crippen molar-refractivity contribution in [3.8, 4) is 0 Å². The molecule has 0 radical (unpaired) electrons. The quantitative estimate of drug-likeness (QED) is 0.445. The molecule has 0 saturated carbocycles. The first-order valence-corrected chi connectivity index (χ1v) is 3.69. The van der Waals surface area contributed by atoms with Gasteiger partial charge in [0.15, 0.2) is 0 Å². The molecule has 0 atom stereocenters. The normalized spacial score (nSPS) is 14.8. The Morgan fingerprint density at radius 2 is 2.17 bits per heavy atom. The van der Waals surface area contributed by atoms with Crippen molar-refractivity contribution in [3.05, 3.63) is 36.0 Å². The number of hydrogen-bond donors (Lipinski definition) is 4. The van der Waals surface area contributed by atoms with Gasteiger partial charge in [-0.25, -0.2) is 0 Å². The van der Waals surface area contributed by atoms with Gasteiger partial charge in [0, 0.05) is 17.5 Å². The summed E-state index contributed by atoms with van der Waals surface area (Å²) >= 11 is 0. The third kappa shape index (κ3) is 1.19. The van der Waals surface area contributed by atoms with E-state index in [9.17, 15) is 0 Å². The minimum atomic E-state index is 0.766. The van der Waals surface area contributed by atoms with E-state index in [2.05, 4.69) is 16.4 Å². The van der Waals surface area contributed by atoms with Crippen LogP contribution in [0.15, 0.2) is 30.5 Å². The molecule has 0 fully saturated rings. The topological polar surface area (TPSA) is 62.1 Å². The van der Waals surface area contributed by atoms with Crippen LogP contribution in [0.25, 0.3) is 5.70 Å². The van der Waals surface area contributed by atoms with Gasteiger partial charge in [0.2, 0.25) is 0 Å². The van der Waals surface area contributed by atoms with E-state index in [0.29, 0.717) is 0 Å². The average Bonchev–Trinajstić information content (AvgIpc) is 2.56. The number of nitrogens with one attached hydrogen (secondary N) is 3. The van der Waals surface area contributed by atoms with Crippen LogP contribution in [0.4, 0.5) is 5.69 Å².